The van der Waals surface area contributed by atoms with Gasteiger partial charge in [0.25, 0.3) is 0 Å². The molecule has 0 aromatic heterocycles. The van der Waals surface area contributed by atoms with Gasteiger partial charge < -0.3 is 10.8 Å². The Morgan fingerprint density at radius 3 is 2.75 bits per heavy atom. The van der Waals surface area contributed by atoms with Crippen LogP contribution in [-0.2, 0) is 0 Å². The van der Waals surface area contributed by atoms with Crippen molar-refractivity contribution in [1.29, 1.82) is 0 Å². The van der Waals surface area contributed by atoms with E-state index < -0.39 is 0 Å². The minimum atomic E-state index is -0.384. The third kappa shape index (κ3) is 2.10. The Morgan fingerprint density at radius 2 is 2.25 bits per heavy atom. The average molecular weight is 298 g/mol. The maximum Gasteiger partial charge on any atom is 0.0625 e. The summed E-state index contributed by atoms with van der Waals surface area (Å²) in [7, 11) is 0. The molecule has 0 aliphatic heterocycles. The molecule has 0 amide bonds. The van der Waals surface area contributed by atoms with E-state index in [1.54, 1.807) is 6.07 Å². The predicted octanol–water partition coefficient (Wildman–Crippen LogP) is 1.94. The molecule has 0 heterocycles. The summed E-state index contributed by atoms with van der Waals surface area (Å²) in [5, 5.41) is 9.46. The summed E-state index contributed by atoms with van der Waals surface area (Å²) in [6.07, 6.45) is 0. The van der Waals surface area contributed by atoms with Gasteiger partial charge in [0.15, 0.2) is 0 Å². The second-order valence-electron chi connectivity index (χ2n) is 2.42. The van der Waals surface area contributed by atoms with Gasteiger partial charge in [-0.2, -0.15) is 0 Å². The molecule has 0 radical (unpaired) electrons. The molecule has 3 N–H and O–H groups in total. The van der Waals surface area contributed by atoms with Crippen LogP contribution < -0.4 is 5.73 Å². The lowest BCUT2D eigenvalue weighted by Gasteiger charge is -2.12. The van der Waals surface area contributed by atoms with E-state index in [1.807, 2.05) is 12.1 Å². The van der Waals surface area contributed by atoms with Crippen molar-refractivity contribution in [2.45, 2.75) is 6.04 Å². The standard InChI is InChI=1S/C8H9ClINO/c9-5-2-1-3-6(10)8(5)7(11)4-12/h1-3,7,12H,4,11H2/t7-/m0/s1. The maximum absolute atomic E-state index is 8.85. The van der Waals surface area contributed by atoms with Gasteiger partial charge in [0.2, 0.25) is 0 Å². The Bertz CT molecular complexity index is 260. The van der Waals surface area contributed by atoms with Crippen molar-refractivity contribution in [3.05, 3.63) is 32.4 Å². The third-order valence-electron chi connectivity index (χ3n) is 1.57. The Kier molecular flexibility index (Phi) is 3.77. The molecule has 1 rings (SSSR count). The van der Waals surface area contributed by atoms with Crippen LogP contribution in [0.4, 0.5) is 0 Å². The monoisotopic (exact) mass is 297 g/mol. The van der Waals surface area contributed by atoms with Gasteiger partial charge >= 0.3 is 0 Å². The molecular formula is C8H9ClINO. The number of aliphatic hydroxyl groups is 1. The van der Waals surface area contributed by atoms with Crippen LogP contribution in [0.25, 0.3) is 0 Å². The summed E-state index contributed by atoms with van der Waals surface area (Å²) >= 11 is 8.06. The van der Waals surface area contributed by atoms with Crippen LogP contribution in [0, 0.1) is 3.57 Å². The molecule has 4 heteroatoms. The first-order valence-corrected chi connectivity index (χ1v) is 4.93. The van der Waals surface area contributed by atoms with Gasteiger partial charge in [-0.1, -0.05) is 17.7 Å². The summed E-state index contributed by atoms with van der Waals surface area (Å²) in [5.74, 6) is 0. The first kappa shape index (κ1) is 10.2. The van der Waals surface area contributed by atoms with Crippen LogP contribution in [0.5, 0.6) is 0 Å². The lowest BCUT2D eigenvalue weighted by molar-refractivity contribution is 0.267. The largest absolute Gasteiger partial charge is 0.394 e. The third-order valence-corrected chi connectivity index (χ3v) is 2.84. The second kappa shape index (κ2) is 4.41. The predicted molar refractivity (Wildman–Crippen MR) is 58.2 cm³/mol. The highest BCUT2D eigenvalue weighted by Gasteiger charge is 2.11. The molecule has 0 spiro atoms. The van der Waals surface area contributed by atoms with E-state index in [0.717, 1.165) is 9.13 Å². The second-order valence-corrected chi connectivity index (χ2v) is 3.99. The molecule has 0 aliphatic rings. The summed E-state index contributed by atoms with van der Waals surface area (Å²) in [5.41, 5.74) is 6.48. The SMILES string of the molecule is N[C@@H](CO)c1c(Cl)cccc1I. The molecule has 0 fully saturated rings. The molecular weight excluding hydrogens is 288 g/mol. The number of hydrogen-bond donors (Lipinski definition) is 2. The Hall–Kier alpha value is 0.160. The molecule has 1 atom stereocenters. The highest BCUT2D eigenvalue weighted by atomic mass is 127. The van der Waals surface area contributed by atoms with Crippen LogP contribution >= 0.6 is 34.2 Å². The fraction of sp³-hybridized carbons (Fsp3) is 0.250. The van der Waals surface area contributed by atoms with Gasteiger partial charge in [-0.15, -0.1) is 0 Å². The molecule has 0 saturated heterocycles. The van der Waals surface area contributed by atoms with Crippen LogP contribution in [0.3, 0.4) is 0 Å². The van der Waals surface area contributed by atoms with Crippen molar-refractivity contribution < 1.29 is 5.11 Å². The van der Waals surface area contributed by atoms with E-state index in [9.17, 15) is 0 Å². The van der Waals surface area contributed by atoms with Gasteiger partial charge in [-0.05, 0) is 34.7 Å². The molecule has 0 saturated carbocycles. The zero-order valence-electron chi connectivity index (χ0n) is 6.30. The minimum absolute atomic E-state index is 0.0836. The number of rotatable bonds is 2. The van der Waals surface area contributed by atoms with Crippen molar-refractivity contribution >= 4 is 34.2 Å². The van der Waals surface area contributed by atoms with Gasteiger partial charge in [0, 0.05) is 14.2 Å². The minimum Gasteiger partial charge on any atom is -0.394 e. The topological polar surface area (TPSA) is 46.2 Å². The molecule has 12 heavy (non-hydrogen) atoms. The van der Waals surface area contributed by atoms with Crippen molar-refractivity contribution in [3.8, 4) is 0 Å². The molecule has 1 aromatic rings. The number of hydrogen-bond acceptors (Lipinski definition) is 2. The van der Waals surface area contributed by atoms with E-state index in [2.05, 4.69) is 22.6 Å². The Morgan fingerprint density at radius 1 is 1.58 bits per heavy atom. The van der Waals surface area contributed by atoms with Crippen LogP contribution in [0.1, 0.15) is 11.6 Å². The molecule has 0 unspecified atom stereocenters. The number of aliphatic hydroxyl groups excluding tert-OH is 1. The summed E-state index contributed by atoms with van der Waals surface area (Å²) in [6, 6.07) is 5.16. The summed E-state index contributed by atoms with van der Waals surface area (Å²) < 4.78 is 0.988. The first-order chi connectivity index (χ1) is 5.66. The van der Waals surface area contributed by atoms with E-state index in [0.29, 0.717) is 5.02 Å². The molecule has 0 bridgehead atoms. The fourth-order valence-electron chi connectivity index (χ4n) is 0.956. The van der Waals surface area contributed by atoms with Crippen LogP contribution in [0.15, 0.2) is 18.2 Å². The number of nitrogens with two attached hydrogens (primary N) is 1. The van der Waals surface area contributed by atoms with Crippen molar-refractivity contribution in [1.82, 2.24) is 0 Å². The molecule has 66 valence electrons. The molecule has 1 aromatic carbocycles. The maximum atomic E-state index is 8.85. The average Bonchev–Trinajstić information content (AvgIpc) is 2.03. The summed E-state index contributed by atoms with van der Waals surface area (Å²) in [4.78, 5) is 0. The highest BCUT2D eigenvalue weighted by molar-refractivity contribution is 14.1. The van der Waals surface area contributed by atoms with E-state index >= 15 is 0 Å². The van der Waals surface area contributed by atoms with Gasteiger partial charge in [0.05, 0.1) is 12.6 Å². The zero-order chi connectivity index (χ0) is 9.14. The van der Waals surface area contributed by atoms with Crippen molar-refractivity contribution in [2.24, 2.45) is 5.73 Å². The lowest BCUT2D eigenvalue weighted by Crippen LogP contribution is -2.16. The first-order valence-electron chi connectivity index (χ1n) is 3.47. The quantitative estimate of drug-likeness (QED) is 0.820. The smallest absolute Gasteiger partial charge is 0.0625 e. The van der Waals surface area contributed by atoms with Crippen molar-refractivity contribution in [2.75, 3.05) is 6.61 Å². The van der Waals surface area contributed by atoms with Gasteiger partial charge in [-0.3, -0.25) is 0 Å². The number of benzene rings is 1. The van der Waals surface area contributed by atoms with Crippen LogP contribution in [-0.4, -0.2) is 11.7 Å². The zero-order valence-corrected chi connectivity index (χ0v) is 9.21. The normalized spacial score (nSPS) is 13.0. The van der Waals surface area contributed by atoms with E-state index in [1.165, 1.54) is 0 Å². The van der Waals surface area contributed by atoms with Crippen molar-refractivity contribution in [3.63, 3.8) is 0 Å². The van der Waals surface area contributed by atoms with Gasteiger partial charge in [-0.25, -0.2) is 0 Å². The van der Waals surface area contributed by atoms with Gasteiger partial charge in [0.1, 0.15) is 0 Å². The Labute approximate surface area is 89.9 Å². The molecule has 2 nitrogen and oxygen atoms in total. The Balaban J connectivity index is 3.12. The number of halogens is 2. The fourth-order valence-corrected chi connectivity index (χ4v) is 2.33. The van der Waals surface area contributed by atoms with E-state index in [-0.39, 0.29) is 12.6 Å². The summed E-state index contributed by atoms with van der Waals surface area (Å²) in [6.45, 7) is -0.0836. The molecule has 0 aliphatic carbocycles. The van der Waals surface area contributed by atoms with Crippen LogP contribution in [0.2, 0.25) is 5.02 Å². The highest BCUT2D eigenvalue weighted by Crippen LogP contribution is 2.26. The van der Waals surface area contributed by atoms with E-state index in [4.69, 9.17) is 22.4 Å². The lowest BCUT2D eigenvalue weighted by atomic mass is 10.1.